The van der Waals surface area contributed by atoms with Crippen LogP contribution in [0.4, 0.5) is 0 Å². The van der Waals surface area contributed by atoms with Crippen LogP contribution in [-0.4, -0.2) is 17.1 Å². The zero-order valence-corrected chi connectivity index (χ0v) is 11.9. The quantitative estimate of drug-likeness (QED) is 0.873. The molecule has 4 nitrogen and oxygen atoms in total. The Morgan fingerprint density at radius 2 is 2.05 bits per heavy atom. The molecule has 106 valence electrons. The molecule has 1 fully saturated rings. The minimum atomic E-state index is -1.02. The SMILES string of the molecule is CC(NC1CCC(C)(C)CC1)c1ccc(C(=O)O)o1. The number of hydrogen-bond donors (Lipinski definition) is 2. The Bertz CT molecular complexity index is 440. The standard InChI is InChI=1S/C15H23NO3/c1-10(12-4-5-13(19-12)14(17)18)16-11-6-8-15(2,3)9-7-11/h4-5,10-11,16H,6-9H2,1-3H3,(H,17,18). The van der Waals surface area contributed by atoms with Crippen molar-refractivity contribution in [3.05, 3.63) is 23.7 Å². The van der Waals surface area contributed by atoms with Crippen molar-refractivity contribution >= 4 is 5.97 Å². The van der Waals surface area contributed by atoms with E-state index in [0.29, 0.717) is 17.2 Å². The largest absolute Gasteiger partial charge is 0.475 e. The van der Waals surface area contributed by atoms with Gasteiger partial charge in [0.25, 0.3) is 0 Å². The van der Waals surface area contributed by atoms with Crippen molar-refractivity contribution in [2.75, 3.05) is 0 Å². The van der Waals surface area contributed by atoms with E-state index < -0.39 is 5.97 Å². The zero-order chi connectivity index (χ0) is 14.0. The van der Waals surface area contributed by atoms with E-state index in [-0.39, 0.29) is 11.8 Å². The van der Waals surface area contributed by atoms with Gasteiger partial charge in [0.1, 0.15) is 5.76 Å². The molecule has 1 aliphatic rings. The first kappa shape index (κ1) is 14.1. The summed E-state index contributed by atoms with van der Waals surface area (Å²) in [7, 11) is 0. The van der Waals surface area contributed by atoms with Gasteiger partial charge < -0.3 is 14.8 Å². The predicted octanol–water partition coefficient (Wildman–Crippen LogP) is 3.60. The van der Waals surface area contributed by atoms with Crippen molar-refractivity contribution in [3.8, 4) is 0 Å². The average Bonchev–Trinajstić information content (AvgIpc) is 2.81. The molecule has 1 unspecified atom stereocenters. The molecule has 0 radical (unpaired) electrons. The number of carboxylic acids is 1. The highest BCUT2D eigenvalue weighted by atomic mass is 16.4. The third-order valence-electron chi connectivity index (χ3n) is 4.09. The third kappa shape index (κ3) is 3.60. The summed E-state index contributed by atoms with van der Waals surface area (Å²) in [5.41, 5.74) is 0.461. The molecule has 0 aliphatic heterocycles. The van der Waals surface area contributed by atoms with Crippen LogP contribution in [-0.2, 0) is 0 Å². The average molecular weight is 265 g/mol. The van der Waals surface area contributed by atoms with E-state index in [1.807, 2.05) is 6.92 Å². The summed E-state index contributed by atoms with van der Waals surface area (Å²) >= 11 is 0. The Balaban J connectivity index is 1.90. The fraction of sp³-hybridized carbons (Fsp3) is 0.667. The van der Waals surface area contributed by atoms with E-state index in [0.717, 1.165) is 0 Å². The van der Waals surface area contributed by atoms with E-state index in [1.54, 1.807) is 6.07 Å². The zero-order valence-electron chi connectivity index (χ0n) is 11.9. The number of carboxylic acid groups (broad SMARTS) is 1. The van der Waals surface area contributed by atoms with E-state index in [1.165, 1.54) is 31.7 Å². The maximum Gasteiger partial charge on any atom is 0.371 e. The van der Waals surface area contributed by atoms with Gasteiger partial charge in [-0.05, 0) is 50.2 Å². The summed E-state index contributed by atoms with van der Waals surface area (Å²) in [5.74, 6) is -0.312. The van der Waals surface area contributed by atoms with Gasteiger partial charge in [-0.2, -0.15) is 0 Å². The number of nitrogens with one attached hydrogen (secondary N) is 1. The van der Waals surface area contributed by atoms with Crippen LogP contribution in [0.1, 0.15) is 68.8 Å². The van der Waals surface area contributed by atoms with Gasteiger partial charge >= 0.3 is 5.97 Å². The van der Waals surface area contributed by atoms with Crippen molar-refractivity contribution < 1.29 is 14.3 Å². The van der Waals surface area contributed by atoms with Crippen LogP contribution in [0, 0.1) is 5.41 Å². The van der Waals surface area contributed by atoms with Gasteiger partial charge in [0.15, 0.2) is 0 Å². The normalized spacial score (nSPS) is 21.2. The van der Waals surface area contributed by atoms with Gasteiger partial charge in [-0.25, -0.2) is 4.79 Å². The Hall–Kier alpha value is -1.29. The lowest BCUT2D eigenvalue weighted by atomic mass is 9.75. The number of rotatable bonds is 4. The fourth-order valence-electron chi connectivity index (χ4n) is 2.70. The third-order valence-corrected chi connectivity index (χ3v) is 4.09. The van der Waals surface area contributed by atoms with Gasteiger partial charge in [0, 0.05) is 6.04 Å². The second-order valence-corrected chi connectivity index (χ2v) is 6.33. The van der Waals surface area contributed by atoms with Crippen molar-refractivity contribution in [1.29, 1.82) is 0 Å². The van der Waals surface area contributed by atoms with Crippen molar-refractivity contribution in [2.45, 2.75) is 58.5 Å². The molecule has 1 aromatic rings. The monoisotopic (exact) mass is 265 g/mol. The highest BCUT2D eigenvalue weighted by Gasteiger charge is 2.28. The maximum atomic E-state index is 10.8. The summed E-state index contributed by atoms with van der Waals surface area (Å²) in [4.78, 5) is 10.8. The van der Waals surface area contributed by atoms with E-state index in [9.17, 15) is 4.79 Å². The fourth-order valence-corrected chi connectivity index (χ4v) is 2.70. The maximum absolute atomic E-state index is 10.8. The number of hydrogen-bond acceptors (Lipinski definition) is 3. The summed E-state index contributed by atoms with van der Waals surface area (Å²) in [6.45, 7) is 6.65. The van der Waals surface area contributed by atoms with Gasteiger partial charge in [-0.3, -0.25) is 0 Å². The van der Waals surface area contributed by atoms with E-state index in [2.05, 4.69) is 19.2 Å². The molecular weight excluding hydrogens is 242 g/mol. The van der Waals surface area contributed by atoms with Crippen molar-refractivity contribution in [1.82, 2.24) is 5.32 Å². The van der Waals surface area contributed by atoms with Gasteiger partial charge in [-0.15, -0.1) is 0 Å². The molecule has 0 aromatic carbocycles. The lowest BCUT2D eigenvalue weighted by Crippen LogP contribution is -2.36. The number of carbonyl (C=O) groups is 1. The highest BCUT2D eigenvalue weighted by Crippen LogP contribution is 2.35. The molecule has 0 spiro atoms. The summed E-state index contributed by atoms with van der Waals surface area (Å²) in [5, 5.41) is 12.4. The number of aromatic carboxylic acids is 1. The Kier molecular flexibility index (Phi) is 3.99. The van der Waals surface area contributed by atoms with Gasteiger partial charge in [0.2, 0.25) is 5.76 Å². The molecule has 2 rings (SSSR count). The second kappa shape index (κ2) is 5.37. The molecule has 1 atom stereocenters. The lowest BCUT2D eigenvalue weighted by molar-refractivity contribution is 0.0659. The molecule has 1 saturated carbocycles. The van der Waals surface area contributed by atoms with Gasteiger partial charge in [0.05, 0.1) is 6.04 Å². The molecule has 4 heteroatoms. The van der Waals surface area contributed by atoms with Crippen LogP contribution < -0.4 is 5.32 Å². The molecular formula is C15H23NO3. The molecule has 1 aromatic heterocycles. The minimum Gasteiger partial charge on any atom is -0.475 e. The van der Waals surface area contributed by atoms with Crippen molar-refractivity contribution in [3.63, 3.8) is 0 Å². The molecule has 0 saturated heterocycles. The molecule has 19 heavy (non-hydrogen) atoms. The first-order valence-electron chi connectivity index (χ1n) is 6.96. The Morgan fingerprint density at radius 1 is 1.42 bits per heavy atom. The van der Waals surface area contributed by atoms with Crippen molar-refractivity contribution in [2.24, 2.45) is 5.41 Å². The predicted molar refractivity (Wildman–Crippen MR) is 73.3 cm³/mol. The van der Waals surface area contributed by atoms with Gasteiger partial charge in [-0.1, -0.05) is 13.8 Å². The minimum absolute atomic E-state index is 0.00780. The van der Waals surface area contributed by atoms with E-state index in [4.69, 9.17) is 9.52 Å². The molecule has 1 aliphatic carbocycles. The molecule has 1 heterocycles. The molecule has 0 amide bonds. The summed E-state index contributed by atoms with van der Waals surface area (Å²) in [6.07, 6.45) is 4.81. The number of furan rings is 1. The Morgan fingerprint density at radius 3 is 2.58 bits per heavy atom. The highest BCUT2D eigenvalue weighted by molar-refractivity contribution is 5.84. The first-order valence-corrected chi connectivity index (χ1v) is 6.96. The van der Waals surface area contributed by atoms with E-state index >= 15 is 0 Å². The molecule has 2 N–H and O–H groups in total. The van der Waals surface area contributed by atoms with Crippen LogP contribution in [0.5, 0.6) is 0 Å². The summed E-state index contributed by atoms with van der Waals surface area (Å²) < 4.78 is 5.33. The smallest absolute Gasteiger partial charge is 0.371 e. The lowest BCUT2D eigenvalue weighted by Gasteiger charge is -2.35. The van der Waals surface area contributed by atoms with Crippen LogP contribution in [0.15, 0.2) is 16.5 Å². The summed E-state index contributed by atoms with van der Waals surface area (Å²) in [6, 6.07) is 3.81. The molecule has 0 bridgehead atoms. The van der Waals surface area contributed by atoms with Crippen LogP contribution in [0.25, 0.3) is 0 Å². The van der Waals surface area contributed by atoms with Crippen LogP contribution in [0.3, 0.4) is 0 Å². The second-order valence-electron chi connectivity index (χ2n) is 6.33. The van der Waals surface area contributed by atoms with Crippen LogP contribution in [0.2, 0.25) is 0 Å². The first-order chi connectivity index (χ1) is 8.87. The topological polar surface area (TPSA) is 62.5 Å². The van der Waals surface area contributed by atoms with Crippen LogP contribution >= 0.6 is 0 Å². The Labute approximate surface area is 114 Å².